The number of carbonyl (C=O) groups is 1. The van der Waals surface area contributed by atoms with Crippen LogP contribution in [0.25, 0.3) is 11.1 Å². The summed E-state index contributed by atoms with van der Waals surface area (Å²) in [5.74, 6) is -1.26. The smallest absolute Gasteiger partial charge is 0.220 e. The lowest BCUT2D eigenvalue weighted by Crippen LogP contribution is -2.57. The van der Waals surface area contributed by atoms with E-state index in [1.807, 2.05) is 0 Å². The third-order valence-electron chi connectivity index (χ3n) is 5.47. The predicted molar refractivity (Wildman–Crippen MR) is 106 cm³/mol. The van der Waals surface area contributed by atoms with Crippen LogP contribution in [0.1, 0.15) is 18.4 Å². The second-order valence-electron chi connectivity index (χ2n) is 7.57. The van der Waals surface area contributed by atoms with Gasteiger partial charge in [0.05, 0.1) is 0 Å². The summed E-state index contributed by atoms with van der Waals surface area (Å²) in [6, 6.07) is 5.45. The van der Waals surface area contributed by atoms with Crippen LogP contribution in [-0.2, 0) is 15.1 Å². The number of halogens is 2. The van der Waals surface area contributed by atoms with Gasteiger partial charge in [0.15, 0.2) is 17.8 Å². The molecule has 0 spiro atoms. The first-order valence-corrected chi connectivity index (χ1v) is 9.59. The van der Waals surface area contributed by atoms with Crippen LogP contribution in [0.2, 0.25) is 0 Å². The molecular formula is C21H22F2N4O3. The molecule has 2 aliphatic heterocycles. The van der Waals surface area contributed by atoms with Gasteiger partial charge in [-0.2, -0.15) is 4.39 Å². The Labute approximate surface area is 172 Å². The van der Waals surface area contributed by atoms with E-state index in [1.165, 1.54) is 24.4 Å². The summed E-state index contributed by atoms with van der Waals surface area (Å²) >= 11 is 0. The van der Waals surface area contributed by atoms with E-state index in [0.717, 1.165) is 12.5 Å². The van der Waals surface area contributed by atoms with Crippen molar-refractivity contribution in [2.24, 2.45) is 10.7 Å². The molecule has 0 amide bonds. The summed E-state index contributed by atoms with van der Waals surface area (Å²) in [5.41, 5.74) is 4.69. The van der Waals surface area contributed by atoms with E-state index in [1.54, 1.807) is 19.0 Å². The fraction of sp³-hybridized carbons (Fsp3) is 0.381. The number of aliphatic imine (C=N–C) groups is 1. The summed E-state index contributed by atoms with van der Waals surface area (Å²) in [5, 5.41) is 0. The van der Waals surface area contributed by atoms with Gasteiger partial charge < -0.3 is 24.9 Å². The molecule has 0 bridgehead atoms. The summed E-state index contributed by atoms with van der Waals surface area (Å²) in [7, 11) is 3.38. The number of nitrogens with zero attached hydrogens (tertiary/aromatic N) is 3. The molecule has 0 aliphatic carbocycles. The van der Waals surface area contributed by atoms with Gasteiger partial charge in [-0.15, -0.1) is 0 Å². The molecule has 1 saturated heterocycles. The number of carbonyl (C=O) groups excluding carboxylic acids is 1. The van der Waals surface area contributed by atoms with E-state index in [4.69, 9.17) is 15.2 Å². The van der Waals surface area contributed by atoms with Gasteiger partial charge in [-0.3, -0.25) is 0 Å². The highest BCUT2D eigenvalue weighted by Gasteiger charge is 2.53. The minimum atomic E-state index is -1.56. The number of aromatic nitrogens is 1. The number of benzene rings is 1. The Balaban J connectivity index is 1.98. The third kappa shape index (κ3) is 3.19. The lowest BCUT2D eigenvalue weighted by Gasteiger charge is -2.45. The molecule has 2 aromatic rings. The van der Waals surface area contributed by atoms with Crippen molar-refractivity contribution in [1.29, 1.82) is 0 Å². The second-order valence-corrected chi connectivity index (χ2v) is 7.57. The SMILES string of the molecule is CN(C)C(N)=NC1(C=O)c2cc(-c3cccnc3F)c(F)cc2OC2CCCOC21. The molecule has 30 heavy (non-hydrogen) atoms. The zero-order valence-electron chi connectivity index (χ0n) is 16.6. The average molecular weight is 416 g/mol. The van der Waals surface area contributed by atoms with Crippen LogP contribution in [-0.4, -0.2) is 55.0 Å². The van der Waals surface area contributed by atoms with Crippen molar-refractivity contribution < 1.29 is 23.0 Å². The van der Waals surface area contributed by atoms with Crippen LogP contribution >= 0.6 is 0 Å². The van der Waals surface area contributed by atoms with Crippen LogP contribution in [0.5, 0.6) is 5.75 Å². The molecule has 1 fully saturated rings. The number of ether oxygens (including phenoxy) is 2. The van der Waals surface area contributed by atoms with Crippen LogP contribution in [0.15, 0.2) is 35.5 Å². The minimum absolute atomic E-state index is 0.0335. The molecule has 0 saturated carbocycles. The largest absolute Gasteiger partial charge is 0.487 e. The number of fused-ring (bicyclic) bond motifs is 2. The van der Waals surface area contributed by atoms with E-state index in [-0.39, 0.29) is 28.4 Å². The van der Waals surface area contributed by atoms with Crippen molar-refractivity contribution in [3.05, 3.63) is 47.8 Å². The van der Waals surface area contributed by atoms with Gasteiger partial charge in [-0.25, -0.2) is 14.4 Å². The highest BCUT2D eigenvalue weighted by Crippen LogP contribution is 2.47. The summed E-state index contributed by atoms with van der Waals surface area (Å²) in [6.45, 7) is 0.429. The number of rotatable bonds is 3. The topological polar surface area (TPSA) is 90.0 Å². The van der Waals surface area contributed by atoms with Gasteiger partial charge in [0, 0.05) is 49.7 Å². The average Bonchev–Trinajstić information content (AvgIpc) is 2.73. The van der Waals surface area contributed by atoms with Gasteiger partial charge in [-0.1, -0.05) is 0 Å². The van der Waals surface area contributed by atoms with Crippen molar-refractivity contribution in [2.45, 2.75) is 30.6 Å². The molecule has 0 radical (unpaired) electrons. The first kappa shape index (κ1) is 20.2. The number of hydrogen-bond donors (Lipinski definition) is 1. The quantitative estimate of drug-likeness (QED) is 0.357. The second kappa shape index (κ2) is 7.64. The molecular weight excluding hydrogens is 394 g/mol. The fourth-order valence-electron chi connectivity index (χ4n) is 3.93. The van der Waals surface area contributed by atoms with Crippen LogP contribution in [0, 0.1) is 11.8 Å². The van der Waals surface area contributed by atoms with Crippen LogP contribution in [0.3, 0.4) is 0 Å². The maximum absolute atomic E-state index is 15.0. The van der Waals surface area contributed by atoms with Gasteiger partial charge >= 0.3 is 0 Å². The molecule has 2 aliphatic rings. The summed E-state index contributed by atoms with van der Waals surface area (Å²) in [6.07, 6.45) is 2.05. The molecule has 2 N–H and O–H groups in total. The lowest BCUT2D eigenvalue weighted by atomic mass is 9.78. The Kier molecular flexibility index (Phi) is 5.15. The standard InChI is InChI=1S/C21H22F2N4O3/c1-27(2)20(24)26-21(11-28)14-9-13(12-5-3-7-25-19(12)23)15(22)10-17(14)30-16-6-4-8-29-18(16)21/h3,5,7,9-11,16,18H,4,6,8H2,1-2H3,(H2,24,26). The molecule has 158 valence electrons. The van der Waals surface area contributed by atoms with E-state index in [2.05, 4.69) is 9.98 Å². The molecule has 7 nitrogen and oxygen atoms in total. The number of aldehydes is 1. The van der Waals surface area contributed by atoms with Crippen molar-refractivity contribution in [3.63, 3.8) is 0 Å². The van der Waals surface area contributed by atoms with Crippen molar-refractivity contribution in [1.82, 2.24) is 9.88 Å². The van der Waals surface area contributed by atoms with E-state index < -0.39 is 29.5 Å². The van der Waals surface area contributed by atoms with Gasteiger partial charge in [-0.05, 0) is 31.0 Å². The molecule has 1 aromatic carbocycles. The molecule has 3 unspecified atom stereocenters. The molecule has 3 atom stereocenters. The normalized spacial score (nSPS) is 25.7. The minimum Gasteiger partial charge on any atom is -0.487 e. The van der Waals surface area contributed by atoms with Crippen molar-refractivity contribution in [3.8, 4) is 16.9 Å². The Morgan fingerprint density at radius 2 is 2.17 bits per heavy atom. The molecule has 1 aromatic heterocycles. The van der Waals surface area contributed by atoms with Crippen LogP contribution in [0.4, 0.5) is 8.78 Å². The van der Waals surface area contributed by atoms with Gasteiger partial charge in [0.2, 0.25) is 5.95 Å². The van der Waals surface area contributed by atoms with E-state index in [9.17, 15) is 13.6 Å². The Morgan fingerprint density at radius 1 is 1.37 bits per heavy atom. The predicted octanol–water partition coefficient (Wildman–Crippen LogP) is 2.24. The monoisotopic (exact) mass is 416 g/mol. The van der Waals surface area contributed by atoms with Crippen molar-refractivity contribution >= 4 is 12.2 Å². The maximum atomic E-state index is 15.0. The zero-order chi connectivity index (χ0) is 21.5. The maximum Gasteiger partial charge on any atom is 0.220 e. The lowest BCUT2D eigenvalue weighted by molar-refractivity contribution is -0.137. The van der Waals surface area contributed by atoms with Gasteiger partial charge in [0.25, 0.3) is 0 Å². The molecule has 9 heteroatoms. The summed E-state index contributed by atoms with van der Waals surface area (Å²) < 4.78 is 41.1. The van der Waals surface area contributed by atoms with E-state index >= 15 is 0 Å². The highest BCUT2D eigenvalue weighted by molar-refractivity contribution is 5.84. The first-order valence-electron chi connectivity index (χ1n) is 9.59. The van der Waals surface area contributed by atoms with Gasteiger partial charge in [0.1, 0.15) is 23.8 Å². The Morgan fingerprint density at radius 3 is 2.87 bits per heavy atom. The Hall–Kier alpha value is -3.07. The number of pyridine rings is 1. The number of hydrogen-bond acceptors (Lipinski definition) is 5. The zero-order valence-corrected chi connectivity index (χ0v) is 16.6. The first-order chi connectivity index (χ1) is 14.4. The fourth-order valence-corrected chi connectivity index (χ4v) is 3.93. The number of nitrogens with two attached hydrogens (primary N) is 1. The highest BCUT2D eigenvalue weighted by atomic mass is 19.1. The summed E-state index contributed by atoms with van der Waals surface area (Å²) in [4.78, 5) is 22.2. The Bertz CT molecular complexity index is 1010. The molecule has 3 heterocycles. The number of guanidine groups is 1. The van der Waals surface area contributed by atoms with Crippen molar-refractivity contribution in [2.75, 3.05) is 20.7 Å². The third-order valence-corrected chi connectivity index (χ3v) is 5.47. The van der Waals surface area contributed by atoms with Crippen LogP contribution < -0.4 is 10.5 Å². The van der Waals surface area contributed by atoms with E-state index in [0.29, 0.717) is 19.3 Å². The molecule has 4 rings (SSSR count).